The average Bonchev–Trinajstić information content (AvgIpc) is 2.92. The second-order valence-electron chi connectivity index (χ2n) is 6.81. The molecule has 0 amide bonds. The minimum Gasteiger partial charge on any atom is -0.497 e. The number of carboxylic acids is 1. The summed E-state index contributed by atoms with van der Waals surface area (Å²) in [4.78, 5) is 17.8. The van der Waals surface area contributed by atoms with Gasteiger partial charge in [0, 0.05) is 23.1 Å². The van der Waals surface area contributed by atoms with Crippen LogP contribution in [0.5, 0.6) is 5.75 Å². The number of H-pyrrole nitrogens is 1. The Kier molecular flexibility index (Phi) is 4.26. The number of halogens is 1. The first kappa shape index (κ1) is 17.1. The van der Waals surface area contributed by atoms with Crippen LogP contribution in [-0.4, -0.2) is 41.2 Å². The zero-order valence-electron chi connectivity index (χ0n) is 14.0. The second-order valence-corrected chi connectivity index (χ2v) is 6.81. The number of hydrogen-bond acceptors (Lipinski definition) is 3. The number of benzene rings is 1. The molecule has 5 nitrogen and oxygen atoms in total. The van der Waals surface area contributed by atoms with Gasteiger partial charge in [0.15, 0.2) is 0 Å². The van der Waals surface area contributed by atoms with Crippen molar-refractivity contribution in [2.45, 2.75) is 31.7 Å². The molecule has 0 spiro atoms. The summed E-state index contributed by atoms with van der Waals surface area (Å²) in [6.45, 7) is 3.98. The van der Waals surface area contributed by atoms with Crippen LogP contribution >= 0.6 is 12.4 Å². The Morgan fingerprint density at radius 3 is 2.92 bits per heavy atom. The Balaban J connectivity index is 0.00000169. The molecule has 0 radical (unpaired) electrons. The van der Waals surface area contributed by atoms with Crippen LogP contribution in [0.1, 0.15) is 31.0 Å². The van der Waals surface area contributed by atoms with Crippen LogP contribution in [0.25, 0.3) is 10.9 Å². The largest absolute Gasteiger partial charge is 0.497 e. The van der Waals surface area contributed by atoms with E-state index in [1.807, 2.05) is 12.1 Å². The van der Waals surface area contributed by atoms with Crippen LogP contribution in [0.2, 0.25) is 0 Å². The fourth-order valence-corrected chi connectivity index (χ4v) is 4.55. The number of ether oxygens (including phenoxy) is 1. The number of aliphatic carboxylic acids is 1. The minimum absolute atomic E-state index is 0. The van der Waals surface area contributed by atoms with Crippen LogP contribution < -0.4 is 4.74 Å². The van der Waals surface area contributed by atoms with Gasteiger partial charge in [0.25, 0.3) is 0 Å². The summed E-state index contributed by atoms with van der Waals surface area (Å²) >= 11 is 0. The molecule has 2 aliphatic rings. The van der Waals surface area contributed by atoms with Gasteiger partial charge in [-0.15, -0.1) is 12.4 Å². The fourth-order valence-electron chi connectivity index (χ4n) is 4.55. The lowest BCUT2D eigenvalue weighted by atomic mass is 9.72. The highest BCUT2D eigenvalue weighted by Gasteiger charge is 2.51. The number of rotatable bonds is 2. The molecule has 3 heterocycles. The first-order chi connectivity index (χ1) is 11.1. The molecule has 2 atom stereocenters. The molecule has 0 saturated carbocycles. The number of carboxylic acid groups (broad SMARTS) is 1. The zero-order chi connectivity index (χ0) is 16.2. The summed E-state index contributed by atoms with van der Waals surface area (Å²) in [5.41, 5.74) is 2.95. The number of piperidine rings is 1. The molecule has 0 aliphatic carbocycles. The van der Waals surface area contributed by atoms with Gasteiger partial charge >= 0.3 is 5.97 Å². The number of aromatic amines is 1. The molecule has 2 unspecified atom stereocenters. The number of hydrogen-bond donors (Lipinski definition) is 2. The van der Waals surface area contributed by atoms with Gasteiger partial charge in [0.1, 0.15) is 5.75 Å². The van der Waals surface area contributed by atoms with Crippen molar-refractivity contribution in [1.29, 1.82) is 0 Å². The smallest absolute Gasteiger partial charge is 0.308 e. The van der Waals surface area contributed by atoms with Gasteiger partial charge in [0.05, 0.1) is 18.6 Å². The predicted octanol–water partition coefficient (Wildman–Crippen LogP) is 3.17. The molecule has 2 N–H and O–H groups in total. The zero-order valence-corrected chi connectivity index (χ0v) is 14.8. The number of carbonyl (C=O) groups is 1. The maximum Gasteiger partial charge on any atom is 0.308 e. The van der Waals surface area contributed by atoms with Crippen LogP contribution in [-0.2, 0) is 16.8 Å². The van der Waals surface area contributed by atoms with E-state index in [4.69, 9.17) is 4.74 Å². The summed E-state index contributed by atoms with van der Waals surface area (Å²) in [6, 6.07) is 6.03. The van der Waals surface area contributed by atoms with Gasteiger partial charge in [0.2, 0.25) is 0 Å². The van der Waals surface area contributed by atoms with Crippen molar-refractivity contribution < 1.29 is 14.6 Å². The van der Waals surface area contributed by atoms with Gasteiger partial charge in [-0.3, -0.25) is 9.69 Å². The van der Waals surface area contributed by atoms with E-state index in [9.17, 15) is 9.90 Å². The van der Waals surface area contributed by atoms with E-state index in [1.54, 1.807) is 7.11 Å². The van der Waals surface area contributed by atoms with Crippen molar-refractivity contribution in [3.8, 4) is 5.75 Å². The molecule has 4 rings (SSSR count). The molecule has 24 heavy (non-hydrogen) atoms. The van der Waals surface area contributed by atoms with Crippen molar-refractivity contribution in [1.82, 2.24) is 9.88 Å². The van der Waals surface area contributed by atoms with E-state index in [0.29, 0.717) is 0 Å². The molecule has 1 aromatic heterocycles. The van der Waals surface area contributed by atoms with Crippen molar-refractivity contribution in [2.75, 3.05) is 20.2 Å². The Labute approximate surface area is 147 Å². The third-order valence-corrected chi connectivity index (χ3v) is 5.81. The van der Waals surface area contributed by atoms with Crippen molar-refractivity contribution in [3.63, 3.8) is 0 Å². The van der Waals surface area contributed by atoms with E-state index in [2.05, 4.69) is 22.9 Å². The number of fused-ring (bicyclic) bond motifs is 5. The summed E-state index contributed by atoms with van der Waals surface area (Å²) in [7, 11) is 1.67. The molecule has 1 fully saturated rings. The quantitative estimate of drug-likeness (QED) is 0.873. The normalized spacial score (nSPS) is 26.3. The molecule has 6 heteroatoms. The summed E-state index contributed by atoms with van der Waals surface area (Å²) in [5.74, 6) is -0.225. The van der Waals surface area contributed by atoms with E-state index in [0.717, 1.165) is 54.7 Å². The first-order valence-corrected chi connectivity index (χ1v) is 8.22. The highest BCUT2D eigenvalue weighted by atomic mass is 35.5. The second kappa shape index (κ2) is 5.97. The molecule has 2 aromatic rings. The lowest BCUT2D eigenvalue weighted by Gasteiger charge is -2.51. The Hall–Kier alpha value is -1.72. The third-order valence-electron chi connectivity index (χ3n) is 5.81. The summed E-state index contributed by atoms with van der Waals surface area (Å²) in [6.07, 6.45) is 2.64. The fraction of sp³-hybridized carbons (Fsp3) is 0.500. The standard InChI is InChI=1S/C18H22N2O3.ClH/c1-18-14(17(21)22)4-3-8-20(18)9-7-12-13-10-11(23-2)5-6-15(13)19-16(12)18;/h5-6,10,14,19H,3-4,7-9H2,1-2H3,(H,21,22);1H. The van der Waals surface area contributed by atoms with Crippen molar-refractivity contribution >= 4 is 29.3 Å². The number of aromatic nitrogens is 1. The van der Waals surface area contributed by atoms with Crippen LogP contribution in [0, 0.1) is 5.92 Å². The Bertz CT molecular complexity index is 788. The molecule has 130 valence electrons. The van der Waals surface area contributed by atoms with Gasteiger partial charge in [-0.2, -0.15) is 0 Å². The van der Waals surface area contributed by atoms with Crippen LogP contribution in [0.4, 0.5) is 0 Å². The van der Waals surface area contributed by atoms with Gasteiger partial charge in [-0.05, 0) is 56.5 Å². The van der Waals surface area contributed by atoms with Gasteiger partial charge < -0.3 is 14.8 Å². The molecule has 2 aliphatic heterocycles. The highest BCUT2D eigenvalue weighted by Crippen LogP contribution is 2.47. The van der Waals surface area contributed by atoms with E-state index in [-0.39, 0.29) is 18.3 Å². The van der Waals surface area contributed by atoms with Crippen LogP contribution in [0.3, 0.4) is 0 Å². The first-order valence-electron chi connectivity index (χ1n) is 8.22. The summed E-state index contributed by atoms with van der Waals surface area (Å²) < 4.78 is 5.36. The molecule has 1 saturated heterocycles. The van der Waals surface area contributed by atoms with Crippen molar-refractivity contribution in [3.05, 3.63) is 29.5 Å². The molecule has 0 bridgehead atoms. The van der Waals surface area contributed by atoms with Crippen molar-refractivity contribution in [2.24, 2.45) is 5.92 Å². The lowest BCUT2D eigenvalue weighted by molar-refractivity contribution is -0.152. The van der Waals surface area contributed by atoms with E-state index in [1.165, 1.54) is 5.56 Å². The molecule has 1 aromatic carbocycles. The van der Waals surface area contributed by atoms with E-state index < -0.39 is 11.5 Å². The summed E-state index contributed by atoms with van der Waals surface area (Å²) in [5, 5.41) is 10.9. The Morgan fingerprint density at radius 2 is 2.21 bits per heavy atom. The number of nitrogens with one attached hydrogen (secondary N) is 1. The number of nitrogens with zero attached hydrogens (tertiary/aromatic N) is 1. The topological polar surface area (TPSA) is 65.6 Å². The monoisotopic (exact) mass is 350 g/mol. The third kappa shape index (κ3) is 2.22. The maximum absolute atomic E-state index is 11.9. The molecular formula is C18H23ClN2O3. The van der Waals surface area contributed by atoms with Crippen LogP contribution in [0.15, 0.2) is 18.2 Å². The highest BCUT2D eigenvalue weighted by molar-refractivity contribution is 5.87. The molecular weight excluding hydrogens is 328 g/mol. The van der Waals surface area contributed by atoms with E-state index >= 15 is 0 Å². The minimum atomic E-state index is -0.693. The maximum atomic E-state index is 11.9. The van der Waals surface area contributed by atoms with Gasteiger partial charge in [-0.25, -0.2) is 0 Å². The Morgan fingerprint density at radius 1 is 1.42 bits per heavy atom. The SMILES string of the molecule is COc1ccc2[nH]c3c(c2c1)CCN1CCCC(C(=O)O)C31C.Cl. The average molecular weight is 351 g/mol. The van der Waals surface area contributed by atoms with Gasteiger partial charge in [-0.1, -0.05) is 0 Å². The lowest BCUT2D eigenvalue weighted by Crippen LogP contribution is -2.58. The number of methoxy groups -OCH3 is 1. The predicted molar refractivity (Wildman–Crippen MR) is 95.1 cm³/mol.